The molecule has 0 bridgehead atoms. The number of benzene rings is 1. The summed E-state index contributed by atoms with van der Waals surface area (Å²) in [4.78, 5) is 16.7. The molecule has 0 amide bonds. The summed E-state index contributed by atoms with van der Waals surface area (Å²) in [5, 5.41) is 3.56. The Labute approximate surface area is 118 Å². The Hall–Kier alpha value is -1.68. The Bertz CT molecular complexity index is 656. The van der Waals surface area contributed by atoms with E-state index in [2.05, 4.69) is 10.3 Å². The zero-order valence-electron chi connectivity index (χ0n) is 11.9. The Morgan fingerprint density at radius 2 is 2.05 bits per heavy atom. The second kappa shape index (κ2) is 5.75. The van der Waals surface area contributed by atoms with Crippen molar-refractivity contribution >= 4 is 11.0 Å². The number of aromatic nitrogens is 2. The first-order valence-corrected chi connectivity index (χ1v) is 7.45. The number of para-hydroxylation sites is 2. The zero-order chi connectivity index (χ0) is 13.9. The number of rotatable bonds is 4. The molecule has 0 radical (unpaired) electrons. The van der Waals surface area contributed by atoms with Gasteiger partial charge >= 0.3 is 0 Å². The normalized spacial score (nSPS) is 16.1. The van der Waals surface area contributed by atoms with E-state index >= 15 is 0 Å². The zero-order valence-corrected chi connectivity index (χ0v) is 11.9. The van der Waals surface area contributed by atoms with Crippen LogP contribution in [-0.2, 0) is 6.54 Å². The topological polar surface area (TPSA) is 46.9 Å². The number of nitrogens with one attached hydrogen (secondary N) is 1. The lowest BCUT2D eigenvalue weighted by molar-refractivity contribution is 0.496. The molecule has 20 heavy (non-hydrogen) atoms. The van der Waals surface area contributed by atoms with Gasteiger partial charge < -0.3 is 9.88 Å². The molecule has 1 heterocycles. The molecule has 4 nitrogen and oxygen atoms in total. The highest BCUT2D eigenvalue weighted by Crippen LogP contribution is 2.17. The third-order valence-corrected chi connectivity index (χ3v) is 4.14. The Balaban J connectivity index is 1.82. The summed E-state index contributed by atoms with van der Waals surface area (Å²) < 4.78 is 1.85. The minimum Gasteiger partial charge on any atom is -0.312 e. The van der Waals surface area contributed by atoms with Gasteiger partial charge in [-0.15, -0.1) is 0 Å². The molecule has 4 heteroatoms. The molecule has 3 rings (SSSR count). The predicted octanol–water partition coefficient (Wildman–Crippen LogP) is 2.24. The van der Waals surface area contributed by atoms with Gasteiger partial charge in [-0.3, -0.25) is 4.79 Å². The number of aryl methyl sites for hydroxylation is 1. The largest absolute Gasteiger partial charge is 0.312 e. The van der Waals surface area contributed by atoms with Crippen molar-refractivity contribution in [3.8, 4) is 0 Å². The van der Waals surface area contributed by atoms with Gasteiger partial charge in [0.05, 0.1) is 11.0 Å². The van der Waals surface area contributed by atoms with E-state index in [0.29, 0.717) is 18.3 Å². The van der Waals surface area contributed by atoms with Crippen molar-refractivity contribution in [3.05, 3.63) is 40.3 Å². The van der Waals surface area contributed by atoms with Crippen LogP contribution in [0.1, 0.15) is 31.4 Å². The summed E-state index contributed by atoms with van der Waals surface area (Å²) in [5.74, 6) is 0. The van der Waals surface area contributed by atoms with E-state index in [-0.39, 0.29) is 5.56 Å². The van der Waals surface area contributed by atoms with Gasteiger partial charge in [-0.2, -0.15) is 0 Å². The first-order valence-electron chi connectivity index (χ1n) is 7.45. The average molecular weight is 271 g/mol. The molecule has 0 saturated heterocycles. The summed E-state index contributed by atoms with van der Waals surface area (Å²) in [6.45, 7) is 3.34. The fourth-order valence-corrected chi connectivity index (χ4v) is 3.05. The van der Waals surface area contributed by atoms with Crippen molar-refractivity contribution in [1.29, 1.82) is 0 Å². The maximum Gasteiger partial charge on any atom is 0.272 e. The third kappa shape index (κ3) is 2.61. The van der Waals surface area contributed by atoms with E-state index in [9.17, 15) is 4.79 Å². The van der Waals surface area contributed by atoms with Crippen LogP contribution in [0.15, 0.2) is 29.1 Å². The van der Waals surface area contributed by atoms with Crippen LogP contribution in [0.5, 0.6) is 0 Å². The Morgan fingerprint density at radius 3 is 2.85 bits per heavy atom. The standard InChI is InChI=1S/C16H21N3O/c1-12-16(20)19(11-10-17-13-6-2-3-7-13)15-9-5-4-8-14(15)18-12/h4-5,8-9,13,17H,2-3,6-7,10-11H2,1H3. The molecule has 1 aliphatic carbocycles. The van der Waals surface area contributed by atoms with Gasteiger partial charge in [-0.25, -0.2) is 4.98 Å². The van der Waals surface area contributed by atoms with Crippen LogP contribution in [0.25, 0.3) is 11.0 Å². The van der Waals surface area contributed by atoms with Crippen molar-refractivity contribution in [3.63, 3.8) is 0 Å². The van der Waals surface area contributed by atoms with E-state index in [1.807, 2.05) is 28.8 Å². The highest BCUT2D eigenvalue weighted by atomic mass is 16.1. The highest BCUT2D eigenvalue weighted by Gasteiger charge is 2.14. The van der Waals surface area contributed by atoms with Crippen molar-refractivity contribution in [2.24, 2.45) is 0 Å². The van der Waals surface area contributed by atoms with Crippen LogP contribution >= 0.6 is 0 Å². The summed E-state index contributed by atoms with van der Waals surface area (Å²) in [5.41, 5.74) is 2.42. The third-order valence-electron chi connectivity index (χ3n) is 4.14. The SMILES string of the molecule is Cc1nc2ccccc2n(CCNC2CCCC2)c1=O. The minimum atomic E-state index is 0.0249. The molecule has 0 aliphatic heterocycles. The monoisotopic (exact) mass is 271 g/mol. The molecule has 1 saturated carbocycles. The lowest BCUT2D eigenvalue weighted by atomic mass is 10.2. The van der Waals surface area contributed by atoms with E-state index in [0.717, 1.165) is 17.6 Å². The number of hydrogen-bond donors (Lipinski definition) is 1. The summed E-state index contributed by atoms with van der Waals surface area (Å²) in [7, 11) is 0. The fourth-order valence-electron chi connectivity index (χ4n) is 3.05. The number of nitrogens with zero attached hydrogens (tertiary/aromatic N) is 2. The van der Waals surface area contributed by atoms with Gasteiger partial charge in [0.2, 0.25) is 0 Å². The molecule has 0 atom stereocenters. The van der Waals surface area contributed by atoms with Gasteiger partial charge in [0.25, 0.3) is 5.56 Å². The molecular weight excluding hydrogens is 250 g/mol. The van der Waals surface area contributed by atoms with E-state index in [1.54, 1.807) is 6.92 Å². The fraction of sp³-hybridized carbons (Fsp3) is 0.500. The lowest BCUT2D eigenvalue weighted by Crippen LogP contribution is -2.33. The number of fused-ring (bicyclic) bond motifs is 1. The average Bonchev–Trinajstić information content (AvgIpc) is 2.96. The van der Waals surface area contributed by atoms with Crippen LogP contribution < -0.4 is 10.9 Å². The minimum absolute atomic E-state index is 0.0249. The van der Waals surface area contributed by atoms with E-state index < -0.39 is 0 Å². The first kappa shape index (κ1) is 13.3. The molecule has 2 aromatic rings. The van der Waals surface area contributed by atoms with Gasteiger partial charge in [-0.05, 0) is 31.9 Å². The lowest BCUT2D eigenvalue weighted by Gasteiger charge is -2.14. The van der Waals surface area contributed by atoms with Gasteiger partial charge in [0.15, 0.2) is 0 Å². The van der Waals surface area contributed by atoms with E-state index in [4.69, 9.17) is 0 Å². The predicted molar refractivity (Wildman–Crippen MR) is 81.0 cm³/mol. The summed E-state index contributed by atoms with van der Waals surface area (Å²) in [6, 6.07) is 8.49. The van der Waals surface area contributed by atoms with Crippen LogP contribution in [-0.4, -0.2) is 22.1 Å². The molecule has 1 aromatic heterocycles. The molecule has 1 fully saturated rings. The molecule has 1 aromatic carbocycles. The smallest absolute Gasteiger partial charge is 0.272 e. The van der Waals surface area contributed by atoms with Crippen LogP contribution in [0, 0.1) is 6.92 Å². The molecule has 0 unspecified atom stereocenters. The first-order chi connectivity index (χ1) is 9.75. The highest BCUT2D eigenvalue weighted by molar-refractivity contribution is 5.74. The van der Waals surface area contributed by atoms with Crippen molar-refractivity contribution in [2.75, 3.05) is 6.54 Å². The molecule has 1 N–H and O–H groups in total. The van der Waals surface area contributed by atoms with Gasteiger partial charge in [-0.1, -0.05) is 25.0 Å². The molecule has 106 valence electrons. The van der Waals surface area contributed by atoms with Crippen LogP contribution in [0.3, 0.4) is 0 Å². The quantitative estimate of drug-likeness (QED) is 0.927. The van der Waals surface area contributed by atoms with E-state index in [1.165, 1.54) is 25.7 Å². The van der Waals surface area contributed by atoms with Gasteiger partial charge in [0, 0.05) is 19.1 Å². The molecular formula is C16H21N3O. The summed E-state index contributed by atoms with van der Waals surface area (Å²) in [6.07, 6.45) is 5.19. The number of hydrogen-bond acceptors (Lipinski definition) is 3. The second-order valence-electron chi connectivity index (χ2n) is 5.58. The Morgan fingerprint density at radius 1 is 1.30 bits per heavy atom. The molecule has 0 spiro atoms. The second-order valence-corrected chi connectivity index (χ2v) is 5.58. The Kier molecular flexibility index (Phi) is 3.83. The summed E-state index contributed by atoms with van der Waals surface area (Å²) >= 11 is 0. The van der Waals surface area contributed by atoms with Crippen molar-refractivity contribution in [2.45, 2.75) is 45.2 Å². The van der Waals surface area contributed by atoms with Crippen molar-refractivity contribution < 1.29 is 0 Å². The van der Waals surface area contributed by atoms with Crippen LogP contribution in [0.2, 0.25) is 0 Å². The van der Waals surface area contributed by atoms with Crippen molar-refractivity contribution in [1.82, 2.24) is 14.9 Å². The maximum atomic E-state index is 12.3. The maximum absolute atomic E-state index is 12.3. The van der Waals surface area contributed by atoms with Gasteiger partial charge in [0.1, 0.15) is 5.69 Å². The van der Waals surface area contributed by atoms with Crippen LogP contribution in [0.4, 0.5) is 0 Å². The molecule has 1 aliphatic rings.